The van der Waals surface area contributed by atoms with Crippen molar-refractivity contribution in [2.24, 2.45) is 0 Å². The first-order valence-electron chi connectivity index (χ1n) is 9.76. The first kappa shape index (κ1) is 19.2. The third-order valence-electron chi connectivity index (χ3n) is 5.36. The van der Waals surface area contributed by atoms with Gasteiger partial charge >= 0.3 is 0 Å². The van der Waals surface area contributed by atoms with Gasteiger partial charge in [0.05, 0.1) is 5.75 Å². The topological polar surface area (TPSA) is 67.9 Å². The molecular formula is C21H26N2O4S. The van der Waals surface area contributed by atoms with E-state index < -0.39 is 10.0 Å². The molecule has 2 aliphatic rings. The Kier molecular flexibility index (Phi) is 5.85. The fourth-order valence-electron chi connectivity index (χ4n) is 3.81. The van der Waals surface area contributed by atoms with Crippen molar-refractivity contribution in [3.8, 4) is 11.5 Å². The summed E-state index contributed by atoms with van der Waals surface area (Å²) >= 11 is 0. The van der Waals surface area contributed by atoms with E-state index in [4.69, 9.17) is 9.47 Å². The standard InChI is InChI=1S/C21H26N2O4S/c24-28(25,13-10-17-6-2-1-3-7-17)22-15-19(23-11-4-5-12-23)18-8-9-20-21(14-18)27-16-26-20/h1-3,6-9,14,19,22H,4-5,10-13,15-16H2/t19-/m1/s1. The molecule has 0 amide bonds. The maximum absolute atomic E-state index is 12.6. The van der Waals surface area contributed by atoms with Gasteiger partial charge in [0.25, 0.3) is 0 Å². The molecule has 2 heterocycles. The second-order valence-corrected chi connectivity index (χ2v) is 9.20. The molecule has 0 bridgehead atoms. The number of hydrogen-bond acceptors (Lipinski definition) is 5. The van der Waals surface area contributed by atoms with Crippen molar-refractivity contribution in [3.05, 3.63) is 59.7 Å². The Balaban J connectivity index is 1.44. The molecule has 2 aromatic carbocycles. The largest absolute Gasteiger partial charge is 0.454 e. The number of likely N-dealkylation sites (tertiary alicyclic amines) is 1. The molecule has 0 aromatic heterocycles. The second kappa shape index (κ2) is 8.51. The Morgan fingerprint density at radius 1 is 1.00 bits per heavy atom. The number of hydrogen-bond donors (Lipinski definition) is 1. The van der Waals surface area contributed by atoms with Crippen LogP contribution in [-0.2, 0) is 16.4 Å². The molecule has 0 radical (unpaired) electrons. The summed E-state index contributed by atoms with van der Waals surface area (Å²) in [6.45, 7) is 2.55. The fourth-order valence-corrected chi connectivity index (χ4v) is 4.87. The molecule has 0 spiro atoms. The van der Waals surface area contributed by atoms with Gasteiger partial charge < -0.3 is 9.47 Å². The monoisotopic (exact) mass is 402 g/mol. The van der Waals surface area contributed by atoms with Crippen LogP contribution >= 0.6 is 0 Å². The van der Waals surface area contributed by atoms with Gasteiger partial charge in [-0.2, -0.15) is 0 Å². The van der Waals surface area contributed by atoms with Crippen LogP contribution in [0.25, 0.3) is 0 Å². The molecule has 0 saturated carbocycles. The number of rotatable bonds is 8. The van der Waals surface area contributed by atoms with Crippen molar-refractivity contribution >= 4 is 10.0 Å². The lowest BCUT2D eigenvalue weighted by molar-refractivity contribution is 0.173. The third kappa shape index (κ3) is 4.66. The molecule has 28 heavy (non-hydrogen) atoms. The van der Waals surface area contributed by atoms with Gasteiger partial charge in [0.1, 0.15) is 0 Å². The summed E-state index contributed by atoms with van der Waals surface area (Å²) in [6, 6.07) is 15.6. The van der Waals surface area contributed by atoms with Gasteiger partial charge in [0.2, 0.25) is 16.8 Å². The van der Waals surface area contributed by atoms with E-state index in [1.165, 1.54) is 0 Å². The number of aryl methyl sites for hydroxylation is 1. The highest BCUT2D eigenvalue weighted by atomic mass is 32.2. The normalized spacial score (nSPS) is 17.7. The van der Waals surface area contributed by atoms with E-state index in [0.29, 0.717) is 13.0 Å². The van der Waals surface area contributed by atoms with E-state index in [-0.39, 0.29) is 18.6 Å². The molecule has 0 unspecified atom stereocenters. The van der Waals surface area contributed by atoms with Crippen LogP contribution in [0.5, 0.6) is 11.5 Å². The molecule has 1 N–H and O–H groups in total. The number of nitrogens with one attached hydrogen (secondary N) is 1. The van der Waals surface area contributed by atoms with Crippen molar-refractivity contribution in [2.45, 2.75) is 25.3 Å². The Morgan fingerprint density at radius 3 is 2.54 bits per heavy atom. The van der Waals surface area contributed by atoms with Crippen LogP contribution in [0, 0.1) is 0 Å². The van der Waals surface area contributed by atoms with Crippen LogP contribution in [0.3, 0.4) is 0 Å². The molecule has 1 fully saturated rings. The summed E-state index contributed by atoms with van der Waals surface area (Å²) in [5, 5.41) is 0. The number of fused-ring (bicyclic) bond motifs is 1. The van der Waals surface area contributed by atoms with Gasteiger partial charge in [-0.15, -0.1) is 0 Å². The van der Waals surface area contributed by atoms with E-state index in [1.807, 2.05) is 48.5 Å². The minimum absolute atomic E-state index is 0.0106. The summed E-state index contributed by atoms with van der Waals surface area (Å²) in [4.78, 5) is 2.34. The maximum atomic E-state index is 12.6. The van der Waals surface area contributed by atoms with Gasteiger partial charge in [0, 0.05) is 12.6 Å². The highest BCUT2D eigenvalue weighted by Crippen LogP contribution is 2.36. The number of ether oxygens (including phenoxy) is 2. The molecule has 6 nitrogen and oxygen atoms in total. The SMILES string of the molecule is O=S(=O)(CCc1ccccc1)NC[C@H](c1ccc2c(c1)OCO2)N1CCCC1. The zero-order chi connectivity index (χ0) is 19.4. The van der Waals surface area contributed by atoms with Crippen LogP contribution in [-0.4, -0.2) is 45.5 Å². The van der Waals surface area contributed by atoms with E-state index in [2.05, 4.69) is 9.62 Å². The molecule has 0 aliphatic carbocycles. The van der Waals surface area contributed by atoms with Gasteiger partial charge in [-0.1, -0.05) is 36.4 Å². The van der Waals surface area contributed by atoms with Crippen molar-refractivity contribution in [1.82, 2.24) is 9.62 Å². The lowest BCUT2D eigenvalue weighted by Gasteiger charge is -2.28. The van der Waals surface area contributed by atoms with Crippen molar-refractivity contribution in [3.63, 3.8) is 0 Å². The summed E-state index contributed by atoms with van der Waals surface area (Å²) in [6.07, 6.45) is 2.79. The van der Waals surface area contributed by atoms with E-state index in [9.17, 15) is 8.42 Å². The van der Waals surface area contributed by atoms with Crippen LogP contribution in [0.2, 0.25) is 0 Å². The Labute approximate surface area is 166 Å². The van der Waals surface area contributed by atoms with Gasteiger partial charge in [0.15, 0.2) is 11.5 Å². The highest BCUT2D eigenvalue weighted by Gasteiger charge is 2.27. The van der Waals surface area contributed by atoms with Crippen LogP contribution in [0.1, 0.15) is 30.0 Å². The molecule has 4 rings (SSSR count). The first-order chi connectivity index (χ1) is 13.6. The minimum Gasteiger partial charge on any atom is -0.454 e. The second-order valence-electron chi connectivity index (χ2n) is 7.27. The molecular weight excluding hydrogens is 376 g/mol. The zero-order valence-electron chi connectivity index (χ0n) is 15.8. The smallest absolute Gasteiger partial charge is 0.231 e. The van der Waals surface area contributed by atoms with Crippen molar-refractivity contribution < 1.29 is 17.9 Å². The average Bonchev–Trinajstić information content (AvgIpc) is 3.39. The maximum Gasteiger partial charge on any atom is 0.231 e. The summed E-state index contributed by atoms with van der Waals surface area (Å²) in [5.41, 5.74) is 2.08. The van der Waals surface area contributed by atoms with E-state index in [0.717, 1.165) is 48.6 Å². The predicted octanol–water partition coefficient (Wildman–Crippen LogP) is 2.71. The fraction of sp³-hybridized carbons (Fsp3) is 0.429. The van der Waals surface area contributed by atoms with E-state index >= 15 is 0 Å². The highest BCUT2D eigenvalue weighted by molar-refractivity contribution is 7.89. The summed E-state index contributed by atoms with van der Waals surface area (Å²) < 4.78 is 38.9. The molecule has 1 atom stereocenters. The van der Waals surface area contributed by atoms with Gasteiger partial charge in [-0.05, 0) is 55.6 Å². The van der Waals surface area contributed by atoms with Crippen molar-refractivity contribution in [1.29, 1.82) is 0 Å². The number of benzene rings is 2. The molecule has 150 valence electrons. The zero-order valence-corrected chi connectivity index (χ0v) is 16.7. The summed E-state index contributed by atoms with van der Waals surface area (Å²) in [7, 11) is -3.36. The average molecular weight is 403 g/mol. The molecule has 7 heteroatoms. The number of nitrogens with zero attached hydrogens (tertiary/aromatic N) is 1. The minimum atomic E-state index is -3.36. The first-order valence-corrected chi connectivity index (χ1v) is 11.4. The lowest BCUT2D eigenvalue weighted by atomic mass is 10.1. The molecule has 1 saturated heterocycles. The van der Waals surface area contributed by atoms with Crippen molar-refractivity contribution in [2.75, 3.05) is 32.2 Å². The molecule has 2 aliphatic heterocycles. The Morgan fingerprint density at radius 2 is 1.75 bits per heavy atom. The quantitative estimate of drug-likeness (QED) is 0.735. The van der Waals surface area contributed by atoms with Crippen LogP contribution in [0.4, 0.5) is 0 Å². The Bertz CT molecular complexity index is 896. The third-order valence-corrected chi connectivity index (χ3v) is 6.71. The Hall–Kier alpha value is -2.09. The van der Waals surface area contributed by atoms with E-state index in [1.54, 1.807) is 0 Å². The van der Waals surface area contributed by atoms with Gasteiger partial charge in [-0.25, -0.2) is 13.1 Å². The lowest BCUT2D eigenvalue weighted by Crippen LogP contribution is -2.38. The molecule has 2 aromatic rings. The predicted molar refractivity (Wildman–Crippen MR) is 108 cm³/mol. The van der Waals surface area contributed by atoms with Gasteiger partial charge in [-0.3, -0.25) is 4.90 Å². The van der Waals surface area contributed by atoms with Crippen LogP contribution < -0.4 is 14.2 Å². The van der Waals surface area contributed by atoms with Crippen LogP contribution in [0.15, 0.2) is 48.5 Å². The summed E-state index contributed by atoms with van der Waals surface area (Å²) in [5.74, 6) is 1.56. The number of sulfonamides is 1.